The van der Waals surface area contributed by atoms with Crippen LogP contribution in [0.3, 0.4) is 0 Å². The van der Waals surface area contributed by atoms with Crippen molar-refractivity contribution in [3.05, 3.63) is 21.9 Å². The summed E-state index contributed by atoms with van der Waals surface area (Å²) in [4.78, 5) is 26.3. The lowest BCUT2D eigenvalue weighted by molar-refractivity contribution is -0.137. The van der Waals surface area contributed by atoms with E-state index in [1.54, 1.807) is 16.2 Å². The van der Waals surface area contributed by atoms with Crippen LogP contribution >= 0.6 is 27.3 Å². The van der Waals surface area contributed by atoms with E-state index in [0.29, 0.717) is 6.54 Å². The largest absolute Gasteiger partial charge is 0.328 e. The van der Waals surface area contributed by atoms with Crippen LogP contribution in [-0.4, -0.2) is 28.5 Å². The highest BCUT2D eigenvalue weighted by atomic mass is 79.9. The average Bonchev–Trinajstić information content (AvgIpc) is 2.74. The van der Waals surface area contributed by atoms with E-state index in [1.165, 1.54) is 11.8 Å². The highest BCUT2D eigenvalue weighted by Gasteiger charge is 2.34. The lowest BCUT2D eigenvalue weighted by Crippen LogP contribution is -2.42. The maximum atomic E-state index is 11.9. The van der Waals surface area contributed by atoms with Gasteiger partial charge in [-0.3, -0.25) is 9.59 Å². The van der Waals surface area contributed by atoms with E-state index in [0.717, 1.165) is 12.0 Å². The molecule has 3 nitrogen and oxygen atoms in total. The molecule has 0 aromatic carbocycles. The summed E-state index contributed by atoms with van der Waals surface area (Å²) in [5, 5.41) is 2.28. The Bertz CT molecular complexity index is 429. The minimum atomic E-state index is -0.383. The number of amides is 1. The molecule has 1 aromatic rings. The summed E-state index contributed by atoms with van der Waals surface area (Å²) in [5.41, 5.74) is 1.01. The fourth-order valence-corrected chi connectivity index (χ4v) is 3.29. The van der Waals surface area contributed by atoms with Crippen molar-refractivity contribution in [2.24, 2.45) is 0 Å². The molecule has 1 aliphatic heterocycles. The molecule has 1 aromatic heterocycles. The third-order valence-corrected chi connectivity index (χ3v) is 4.36. The molecule has 0 radical (unpaired) electrons. The van der Waals surface area contributed by atoms with Crippen LogP contribution in [0.1, 0.15) is 23.4 Å². The van der Waals surface area contributed by atoms with Crippen molar-refractivity contribution in [2.45, 2.75) is 19.4 Å². The Morgan fingerprint density at radius 2 is 2.38 bits per heavy atom. The Balaban J connectivity index is 2.41. The molecule has 0 N–H and O–H groups in total. The van der Waals surface area contributed by atoms with Crippen molar-refractivity contribution in [1.29, 1.82) is 0 Å². The Morgan fingerprint density at radius 3 is 3.00 bits per heavy atom. The van der Waals surface area contributed by atoms with Gasteiger partial charge in [0.15, 0.2) is 5.78 Å². The molecule has 0 aliphatic carbocycles. The van der Waals surface area contributed by atoms with E-state index >= 15 is 0 Å². The fraction of sp³-hybridized carbons (Fsp3) is 0.455. The molecule has 1 aliphatic rings. The molecule has 0 spiro atoms. The topological polar surface area (TPSA) is 37.4 Å². The van der Waals surface area contributed by atoms with Gasteiger partial charge in [0.25, 0.3) is 0 Å². The molecule has 1 amide bonds. The van der Waals surface area contributed by atoms with Gasteiger partial charge in [-0.25, -0.2) is 0 Å². The molecule has 1 atom stereocenters. The lowest BCUT2D eigenvalue weighted by atomic mass is 9.97. The number of nitrogens with zero attached hydrogens (tertiary/aromatic N) is 1. The minimum absolute atomic E-state index is 0.0313. The van der Waals surface area contributed by atoms with Gasteiger partial charge >= 0.3 is 0 Å². The Kier molecular flexibility index (Phi) is 3.44. The smallest absolute Gasteiger partial charge is 0.220 e. The fourth-order valence-electron chi connectivity index (χ4n) is 2.08. The molecule has 1 unspecified atom stereocenters. The molecule has 2 heterocycles. The van der Waals surface area contributed by atoms with E-state index < -0.39 is 0 Å². The maximum absolute atomic E-state index is 11.9. The van der Waals surface area contributed by atoms with Crippen LogP contribution in [0.4, 0.5) is 0 Å². The van der Waals surface area contributed by atoms with Gasteiger partial charge < -0.3 is 4.90 Å². The van der Waals surface area contributed by atoms with E-state index in [9.17, 15) is 9.59 Å². The predicted molar refractivity (Wildman–Crippen MR) is 67.0 cm³/mol. The number of halogens is 1. The molecule has 0 saturated heterocycles. The number of hydrogen-bond donors (Lipinski definition) is 0. The molecule has 0 saturated carbocycles. The first kappa shape index (κ1) is 11.8. The van der Waals surface area contributed by atoms with Crippen molar-refractivity contribution < 1.29 is 9.59 Å². The zero-order chi connectivity index (χ0) is 11.7. The molecule has 0 fully saturated rings. The number of carbonyl (C=O) groups is 2. The summed E-state index contributed by atoms with van der Waals surface area (Å²) >= 11 is 4.85. The Morgan fingerprint density at radius 1 is 1.62 bits per heavy atom. The zero-order valence-electron chi connectivity index (χ0n) is 8.90. The van der Waals surface area contributed by atoms with Crippen LogP contribution in [0.2, 0.25) is 0 Å². The quantitative estimate of drug-likeness (QED) is 0.785. The second-order valence-corrected chi connectivity index (χ2v) is 5.33. The lowest BCUT2D eigenvalue weighted by Gasteiger charge is -2.33. The monoisotopic (exact) mass is 301 g/mol. The van der Waals surface area contributed by atoms with Crippen LogP contribution in [0.25, 0.3) is 0 Å². The highest BCUT2D eigenvalue weighted by molar-refractivity contribution is 9.09. The van der Waals surface area contributed by atoms with Crippen molar-refractivity contribution in [3.8, 4) is 0 Å². The molecular formula is C11H12BrNO2S. The predicted octanol–water partition coefficient (Wildman–Crippen LogP) is 2.16. The first-order valence-corrected chi connectivity index (χ1v) is 7.07. The molecule has 0 bridgehead atoms. The first-order valence-electron chi connectivity index (χ1n) is 5.07. The van der Waals surface area contributed by atoms with Crippen LogP contribution in [0.5, 0.6) is 0 Å². The van der Waals surface area contributed by atoms with Crippen LogP contribution in [-0.2, 0) is 16.0 Å². The van der Waals surface area contributed by atoms with Gasteiger partial charge in [-0.15, -0.1) is 11.3 Å². The SMILES string of the molecule is CC(=O)N1CCc2sccc2C1C(=O)CBr. The first-order chi connectivity index (χ1) is 7.65. The van der Waals surface area contributed by atoms with Crippen LogP contribution < -0.4 is 0 Å². The van der Waals surface area contributed by atoms with E-state index in [1.807, 2.05) is 11.4 Å². The molecule has 5 heteroatoms. The van der Waals surface area contributed by atoms with Gasteiger partial charge in [-0.2, -0.15) is 0 Å². The summed E-state index contributed by atoms with van der Waals surface area (Å²) in [7, 11) is 0. The van der Waals surface area contributed by atoms with Gasteiger partial charge in [0.1, 0.15) is 6.04 Å². The standard InChI is InChI=1S/C11H12BrNO2S/c1-7(14)13-4-2-10-8(3-5-16-10)11(13)9(15)6-12/h3,5,11H,2,4,6H2,1H3. The summed E-state index contributed by atoms with van der Waals surface area (Å²) < 4.78 is 0. The number of rotatable bonds is 2. The minimum Gasteiger partial charge on any atom is -0.328 e. The van der Waals surface area contributed by atoms with Crippen molar-refractivity contribution in [1.82, 2.24) is 4.90 Å². The third kappa shape index (κ3) is 1.94. The second-order valence-electron chi connectivity index (χ2n) is 3.76. The van der Waals surface area contributed by atoms with Gasteiger partial charge in [-0.1, -0.05) is 15.9 Å². The van der Waals surface area contributed by atoms with Crippen molar-refractivity contribution in [2.75, 3.05) is 11.9 Å². The maximum Gasteiger partial charge on any atom is 0.220 e. The average molecular weight is 302 g/mol. The number of Topliss-reactive ketones (excluding diaryl/α,β-unsaturated/α-hetero) is 1. The molecule has 86 valence electrons. The number of thiophene rings is 1. The number of fused-ring (bicyclic) bond motifs is 1. The molecular weight excluding hydrogens is 290 g/mol. The van der Waals surface area contributed by atoms with Crippen LogP contribution in [0, 0.1) is 0 Å². The van der Waals surface area contributed by atoms with Crippen molar-refractivity contribution in [3.63, 3.8) is 0 Å². The normalized spacial score (nSPS) is 19.4. The van der Waals surface area contributed by atoms with Crippen LogP contribution in [0.15, 0.2) is 11.4 Å². The van der Waals surface area contributed by atoms with Gasteiger partial charge in [0, 0.05) is 18.3 Å². The Labute approximate surface area is 107 Å². The van der Waals surface area contributed by atoms with Gasteiger partial charge in [0.2, 0.25) is 5.91 Å². The van der Waals surface area contributed by atoms with Gasteiger partial charge in [0.05, 0.1) is 5.33 Å². The number of hydrogen-bond acceptors (Lipinski definition) is 3. The van der Waals surface area contributed by atoms with E-state index in [4.69, 9.17) is 0 Å². The zero-order valence-corrected chi connectivity index (χ0v) is 11.3. The number of carbonyl (C=O) groups excluding carboxylic acids is 2. The second kappa shape index (κ2) is 4.67. The third-order valence-electron chi connectivity index (χ3n) is 2.81. The molecule has 16 heavy (non-hydrogen) atoms. The summed E-state index contributed by atoms with van der Waals surface area (Å²) in [6, 6.07) is 1.58. The van der Waals surface area contributed by atoms with E-state index in [2.05, 4.69) is 15.9 Å². The van der Waals surface area contributed by atoms with Crippen molar-refractivity contribution >= 4 is 39.0 Å². The Hall–Kier alpha value is -0.680. The van der Waals surface area contributed by atoms with E-state index in [-0.39, 0.29) is 23.1 Å². The summed E-state index contributed by atoms with van der Waals surface area (Å²) in [5.74, 6) is 0.0192. The van der Waals surface area contributed by atoms with Gasteiger partial charge in [-0.05, 0) is 23.4 Å². The number of ketones is 1. The number of alkyl halides is 1. The summed E-state index contributed by atoms with van der Waals surface area (Å²) in [6.45, 7) is 2.16. The molecule has 2 rings (SSSR count). The summed E-state index contributed by atoms with van der Waals surface area (Å²) in [6.07, 6.45) is 0.860. The highest BCUT2D eigenvalue weighted by Crippen LogP contribution is 2.34.